The molecule has 0 atom stereocenters. The summed E-state index contributed by atoms with van der Waals surface area (Å²) in [6, 6.07) is 5.22. The van der Waals surface area contributed by atoms with Crippen LogP contribution in [0.15, 0.2) is 35.4 Å². The van der Waals surface area contributed by atoms with Crippen molar-refractivity contribution in [2.45, 2.75) is 6.54 Å². The van der Waals surface area contributed by atoms with Gasteiger partial charge in [0.05, 0.1) is 17.2 Å². The van der Waals surface area contributed by atoms with E-state index in [-0.39, 0.29) is 11.6 Å². The molecule has 1 N–H and O–H groups in total. The van der Waals surface area contributed by atoms with E-state index in [2.05, 4.69) is 10.1 Å². The highest BCUT2D eigenvalue weighted by atomic mass is 16.2. The number of fused-ring (bicyclic) bond motifs is 1. The van der Waals surface area contributed by atoms with E-state index in [0.29, 0.717) is 17.6 Å². The molecule has 0 bridgehead atoms. The van der Waals surface area contributed by atoms with Crippen LogP contribution in [0.4, 0.5) is 0 Å². The van der Waals surface area contributed by atoms with Crippen LogP contribution in [0.3, 0.4) is 0 Å². The van der Waals surface area contributed by atoms with E-state index in [1.165, 1.54) is 4.57 Å². The van der Waals surface area contributed by atoms with Crippen molar-refractivity contribution in [1.29, 1.82) is 0 Å². The van der Waals surface area contributed by atoms with Crippen molar-refractivity contribution in [3.8, 4) is 0 Å². The highest BCUT2D eigenvalue weighted by Gasteiger charge is 2.14. The molecule has 0 fully saturated rings. The lowest BCUT2D eigenvalue weighted by Crippen LogP contribution is -2.26. The molecule has 0 aliphatic heterocycles. The summed E-state index contributed by atoms with van der Waals surface area (Å²) in [6.45, 7) is 0.482. The zero-order chi connectivity index (χ0) is 15.9. The zero-order valence-electron chi connectivity index (χ0n) is 12.7. The van der Waals surface area contributed by atoms with Gasteiger partial charge in [-0.1, -0.05) is 0 Å². The second-order valence-corrected chi connectivity index (χ2v) is 5.40. The van der Waals surface area contributed by atoms with Gasteiger partial charge in [-0.3, -0.25) is 14.0 Å². The number of carbonyl (C=O) groups is 1. The topological polar surface area (TPSA) is 75.9 Å². The van der Waals surface area contributed by atoms with E-state index in [1.54, 1.807) is 48.1 Å². The second kappa shape index (κ2) is 5.18. The first-order chi connectivity index (χ1) is 10.5. The molecule has 2 aromatic heterocycles. The third kappa shape index (κ3) is 2.41. The molecule has 1 amide bonds. The van der Waals surface area contributed by atoms with E-state index >= 15 is 0 Å². The molecule has 7 heteroatoms. The molecular weight excluding hydrogens is 282 g/mol. The van der Waals surface area contributed by atoms with Gasteiger partial charge in [0.1, 0.15) is 0 Å². The van der Waals surface area contributed by atoms with Gasteiger partial charge < -0.3 is 9.88 Å². The van der Waals surface area contributed by atoms with Crippen LogP contribution in [0.25, 0.3) is 11.0 Å². The summed E-state index contributed by atoms with van der Waals surface area (Å²) in [5.74, 6) is -0.101. The molecule has 1 aromatic carbocycles. The molecule has 3 rings (SSSR count). The number of nitrogens with one attached hydrogen (secondary N) is 1. The number of aromatic amines is 1. The molecule has 0 saturated heterocycles. The molecular formula is C15H17N5O2. The van der Waals surface area contributed by atoms with Crippen LogP contribution in [0.1, 0.15) is 15.9 Å². The largest absolute Gasteiger partial charge is 0.337 e. The maximum atomic E-state index is 12.5. The van der Waals surface area contributed by atoms with Gasteiger partial charge in [-0.2, -0.15) is 5.10 Å². The zero-order valence-corrected chi connectivity index (χ0v) is 12.7. The molecule has 0 radical (unpaired) electrons. The van der Waals surface area contributed by atoms with Crippen molar-refractivity contribution >= 4 is 16.9 Å². The number of H-pyrrole nitrogens is 1. The Morgan fingerprint density at radius 1 is 1.36 bits per heavy atom. The monoisotopic (exact) mass is 299 g/mol. The van der Waals surface area contributed by atoms with Crippen LogP contribution < -0.4 is 5.69 Å². The first-order valence-electron chi connectivity index (χ1n) is 6.87. The normalized spacial score (nSPS) is 11.0. The fourth-order valence-electron chi connectivity index (χ4n) is 2.49. The lowest BCUT2D eigenvalue weighted by Gasteiger charge is -2.16. The van der Waals surface area contributed by atoms with Gasteiger partial charge in [-0.15, -0.1) is 0 Å². The third-order valence-corrected chi connectivity index (χ3v) is 3.68. The Kier molecular flexibility index (Phi) is 3.32. The third-order valence-electron chi connectivity index (χ3n) is 3.68. The fourth-order valence-corrected chi connectivity index (χ4v) is 2.49. The van der Waals surface area contributed by atoms with Crippen LogP contribution in [-0.2, 0) is 20.6 Å². The Labute approximate surface area is 126 Å². The minimum Gasteiger partial charge on any atom is -0.337 e. The number of aryl methyl sites for hydroxylation is 2. The van der Waals surface area contributed by atoms with Crippen molar-refractivity contribution in [2.75, 3.05) is 7.05 Å². The van der Waals surface area contributed by atoms with Crippen molar-refractivity contribution in [1.82, 2.24) is 24.2 Å². The Hall–Kier alpha value is -2.83. The van der Waals surface area contributed by atoms with Crippen LogP contribution >= 0.6 is 0 Å². The summed E-state index contributed by atoms with van der Waals surface area (Å²) >= 11 is 0. The van der Waals surface area contributed by atoms with Crippen LogP contribution in [-0.4, -0.2) is 37.2 Å². The van der Waals surface area contributed by atoms with Gasteiger partial charge in [0.25, 0.3) is 5.91 Å². The quantitative estimate of drug-likeness (QED) is 0.780. The van der Waals surface area contributed by atoms with Gasteiger partial charge in [0, 0.05) is 45.0 Å². The van der Waals surface area contributed by atoms with Crippen LogP contribution in [0, 0.1) is 0 Å². The van der Waals surface area contributed by atoms with E-state index < -0.39 is 0 Å². The number of nitrogens with zero attached hydrogens (tertiary/aromatic N) is 4. The molecule has 7 nitrogen and oxygen atoms in total. The van der Waals surface area contributed by atoms with Crippen molar-refractivity contribution in [2.24, 2.45) is 14.1 Å². The Balaban J connectivity index is 1.86. The fraction of sp³-hybridized carbons (Fsp3) is 0.267. The maximum absolute atomic E-state index is 12.5. The highest BCUT2D eigenvalue weighted by molar-refractivity contribution is 5.97. The Morgan fingerprint density at radius 2 is 2.14 bits per heavy atom. The molecule has 0 aliphatic carbocycles. The van der Waals surface area contributed by atoms with Crippen molar-refractivity contribution in [3.05, 3.63) is 52.2 Å². The first-order valence-corrected chi connectivity index (χ1v) is 6.87. The standard InChI is InChI=1S/C15H17N5O2/c1-18(8-10-7-16-19(2)9-10)14(21)11-4-5-13-12(6-11)17-15(22)20(13)3/h4-7,9H,8H2,1-3H3,(H,17,22). The van der Waals surface area contributed by atoms with Crippen LogP contribution in [0.2, 0.25) is 0 Å². The van der Waals surface area contributed by atoms with Crippen LogP contribution in [0.5, 0.6) is 0 Å². The van der Waals surface area contributed by atoms with E-state index in [9.17, 15) is 9.59 Å². The van der Waals surface area contributed by atoms with Crippen molar-refractivity contribution < 1.29 is 4.79 Å². The number of imidazole rings is 1. The summed E-state index contributed by atoms with van der Waals surface area (Å²) in [5, 5.41) is 4.09. The smallest absolute Gasteiger partial charge is 0.326 e. The van der Waals surface area contributed by atoms with Gasteiger partial charge in [0.2, 0.25) is 0 Å². The lowest BCUT2D eigenvalue weighted by atomic mass is 10.1. The Bertz CT molecular complexity index is 902. The SMILES string of the molecule is CN(Cc1cnn(C)c1)C(=O)c1ccc2c(c1)[nH]c(=O)n2C. The molecule has 22 heavy (non-hydrogen) atoms. The van der Waals surface area contributed by atoms with E-state index in [0.717, 1.165) is 11.1 Å². The number of carbonyl (C=O) groups excluding carboxylic acids is 1. The van der Waals surface area contributed by atoms with E-state index in [4.69, 9.17) is 0 Å². The summed E-state index contributed by atoms with van der Waals surface area (Å²) < 4.78 is 3.22. The minimum atomic E-state index is -0.191. The van der Waals surface area contributed by atoms with Gasteiger partial charge in [-0.05, 0) is 18.2 Å². The summed E-state index contributed by atoms with van der Waals surface area (Å²) in [6.07, 6.45) is 3.61. The number of hydrogen-bond donors (Lipinski definition) is 1. The van der Waals surface area contributed by atoms with Gasteiger partial charge >= 0.3 is 5.69 Å². The number of amides is 1. The average molecular weight is 299 g/mol. The molecule has 0 spiro atoms. The highest BCUT2D eigenvalue weighted by Crippen LogP contribution is 2.14. The summed E-state index contributed by atoms with van der Waals surface area (Å²) in [5.41, 5.74) is 2.75. The number of aromatic nitrogens is 4. The minimum absolute atomic E-state index is 0.101. The number of hydrogen-bond acceptors (Lipinski definition) is 3. The molecule has 2 heterocycles. The molecule has 0 unspecified atom stereocenters. The van der Waals surface area contributed by atoms with Gasteiger partial charge in [-0.25, -0.2) is 4.79 Å². The average Bonchev–Trinajstić information content (AvgIpc) is 3.02. The van der Waals surface area contributed by atoms with E-state index in [1.807, 2.05) is 13.2 Å². The molecule has 114 valence electrons. The first kappa shape index (κ1) is 14.1. The molecule has 0 aliphatic rings. The number of benzene rings is 1. The predicted octanol–water partition coefficient (Wildman–Crippen LogP) is 0.872. The van der Waals surface area contributed by atoms with Gasteiger partial charge in [0.15, 0.2) is 0 Å². The maximum Gasteiger partial charge on any atom is 0.326 e. The summed E-state index contributed by atoms with van der Waals surface area (Å²) in [4.78, 5) is 28.5. The summed E-state index contributed by atoms with van der Waals surface area (Å²) in [7, 11) is 5.27. The molecule has 0 saturated carbocycles. The van der Waals surface area contributed by atoms with Crippen molar-refractivity contribution in [3.63, 3.8) is 0 Å². The second-order valence-electron chi connectivity index (χ2n) is 5.40. The molecule has 3 aromatic rings. The lowest BCUT2D eigenvalue weighted by molar-refractivity contribution is 0.0785. The predicted molar refractivity (Wildman–Crippen MR) is 82.5 cm³/mol. The Morgan fingerprint density at radius 3 is 2.82 bits per heavy atom. The number of rotatable bonds is 3.